The van der Waals surface area contributed by atoms with Crippen molar-refractivity contribution in [1.29, 1.82) is 0 Å². The molecule has 0 saturated heterocycles. The van der Waals surface area contributed by atoms with Crippen molar-refractivity contribution in [2.24, 2.45) is 0 Å². The summed E-state index contributed by atoms with van der Waals surface area (Å²) >= 11 is 0. The van der Waals surface area contributed by atoms with Gasteiger partial charge in [-0.3, -0.25) is 0 Å². The summed E-state index contributed by atoms with van der Waals surface area (Å²) in [5, 5.41) is 17.1. The number of nitrogens with zero attached hydrogens (tertiary/aromatic N) is 2. The lowest BCUT2D eigenvalue weighted by Crippen LogP contribution is -2.10. The van der Waals surface area contributed by atoms with E-state index in [1.807, 2.05) is 24.3 Å². The Balaban J connectivity index is 0.000000169. The van der Waals surface area contributed by atoms with Gasteiger partial charge >= 0.3 is 11.9 Å². The second kappa shape index (κ2) is 12.9. The summed E-state index contributed by atoms with van der Waals surface area (Å²) in [6, 6.07) is 20.7. The summed E-state index contributed by atoms with van der Waals surface area (Å²) < 4.78 is 15.0. The van der Waals surface area contributed by atoms with Crippen LogP contribution in [-0.4, -0.2) is 34.0 Å². The summed E-state index contributed by atoms with van der Waals surface area (Å²) in [4.78, 5) is 23.3. The zero-order valence-electron chi connectivity index (χ0n) is 23.6. The van der Waals surface area contributed by atoms with E-state index in [4.69, 9.17) is 25.3 Å². The molecular weight excluding hydrogens is 536 g/mol. The summed E-state index contributed by atoms with van der Waals surface area (Å²) in [6.07, 6.45) is 5.81. The number of benzene rings is 2. The Morgan fingerprint density at radius 1 is 0.762 bits per heavy atom. The summed E-state index contributed by atoms with van der Waals surface area (Å²) in [5.41, 5.74) is 15.4. The predicted molar refractivity (Wildman–Crippen MR) is 156 cm³/mol. The van der Waals surface area contributed by atoms with E-state index in [0.29, 0.717) is 35.4 Å². The molecule has 0 spiro atoms. The van der Waals surface area contributed by atoms with Crippen molar-refractivity contribution in [3.63, 3.8) is 0 Å². The standard InChI is InChI=1S/C17H20N2O3.C15H16N2O3/c1-2-21-17(20)14-15(19-22-16(14)18)13-9-8-12(10-13)11-6-4-3-5-7-11;16-14-12(15(18)19)13(17-20-14)11-7-6-10(8-11)9-4-2-1-3-5-9/h3-7,12-13H,2,8-10,18H2,1H3;1-5,10-11H,6-8,16H2,(H,18,19). The molecule has 2 heterocycles. The normalized spacial score (nSPS) is 21.5. The number of carboxylic acid groups (broad SMARTS) is 1. The van der Waals surface area contributed by atoms with Gasteiger partial charge in [0, 0.05) is 11.8 Å². The van der Waals surface area contributed by atoms with E-state index in [1.165, 1.54) is 11.1 Å². The molecule has 0 radical (unpaired) electrons. The van der Waals surface area contributed by atoms with Gasteiger partial charge in [0.15, 0.2) is 0 Å². The van der Waals surface area contributed by atoms with Crippen molar-refractivity contribution in [1.82, 2.24) is 10.3 Å². The van der Waals surface area contributed by atoms with Crippen LogP contribution in [0.1, 0.15) is 112 Å². The lowest BCUT2D eigenvalue weighted by atomic mass is 9.94. The minimum atomic E-state index is -1.07. The maximum absolute atomic E-state index is 12.1. The van der Waals surface area contributed by atoms with Crippen molar-refractivity contribution in [2.75, 3.05) is 18.1 Å². The second-order valence-electron chi connectivity index (χ2n) is 10.9. The maximum Gasteiger partial charge on any atom is 0.345 e. The molecule has 42 heavy (non-hydrogen) atoms. The first-order valence-corrected chi connectivity index (χ1v) is 14.4. The van der Waals surface area contributed by atoms with E-state index in [9.17, 15) is 14.7 Å². The average molecular weight is 573 g/mol. The molecule has 2 aromatic heterocycles. The molecule has 0 bridgehead atoms. The van der Waals surface area contributed by atoms with E-state index in [1.54, 1.807) is 6.92 Å². The fourth-order valence-electron chi connectivity index (χ4n) is 6.33. The first-order valence-electron chi connectivity index (χ1n) is 14.4. The fraction of sp³-hybridized carbons (Fsp3) is 0.375. The van der Waals surface area contributed by atoms with Crippen LogP contribution in [0, 0.1) is 0 Å². The highest BCUT2D eigenvalue weighted by atomic mass is 16.5. The van der Waals surface area contributed by atoms with Crippen LogP contribution >= 0.6 is 0 Å². The van der Waals surface area contributed by atoms with Gasteiger partial charge in [-0.2, -0.15) is 0 Å². The molecule has 10 heteroatoms. The molecule has 10 nitrogen and oxygen atoms in total. The summed E-state index contributed by atoms with van der Waals surface area (Å²) in [5.74, 6) is -0.341. The van der Waals surface area contributed by atoms with Crippen molar-refractivity contribution in [3.05, 3.63) is 94.3 Å². The molecule has 0 aliphatic heterocycles. The number of hydrogen-bond acceptors (Lipinski definition) is 9. The highest BCUT2D eigenvalue weighted by Gasteiger charge is 2.35. The molecule has 4 aromatic rings. The first-order chi connectivity index (χ1) is 20.4. The third-order valence-corrected chi connectivity index (χ3v) is 8.36. The number of anilines is 2. The minimum Gasteiger partial charge on any atom is -0.477 e. The molecular formula is C32H36N4O6. The molecule has 2 fully saturated rings. The largest absolute Gasteiger partial charge is 0.477 e. The number of ether oxygens (including phenoxy) is 1. The minimum absolute atomic E-state index is 0.0312. The van der Waals surface area contributed by atoms with E-state index in [0.717, 1.165) is 38.5 Å². The SMILES string of the molecule is CCOC(=O)c1c(C2CCC(c3ccccc3)C2)noc1N.Nc1onc(C2CCC(c3ccccc3)C2)c1C(=O)O. The number of aromatic nitrogens is 2. The molecule has 2 aromatic carbocycles. The molecule has 2 saturated carbocycles. The Morgan fingerprint density at radius 3 is 1.64 bits per heavy atom. The fourth-order valence-corrected chi connectivity index (χ4v) is 6.33. The van der Waals surface area contributed by atoms with Crippen LogP contribution in [0.15, 0.2) is 69.7 Å². The van der Waals surface area contributed by atoms with E-state index in [2.05, 4.69) is 46.7 Å². The van der Waals surface area contributed by atoms with E-state index >= 15 is 0 Å². The van der Waals surface area contributed by atoms with Gasteiger partial charge in [0.05, 0.1) is 6.61 Å². The second-order valence-corrected chi connectivity index (χ2v) is 10.9. The van der Waals surface area contributed by atoms with Crippen molar-refractivity contribution >= 4 is 23.7 Å². The number of nitrogen functional groups attached to an aromatic ring is 2. The topological polar surface area (TPSA) is 168 Å². The zero-order valence-corrected chi connectivity index (χ0v) is 23.6. The van der Waals surface area contributed by atoms with Gasteiger partial charge in [0.25, 0.3) is 0 Å². The Morgan fingerprint density at radius 2 is 1.19 bits per heavy atom. The van der Waals surface area contributed by atoms with Gasteiger partial charge < -0.3 is 30.4 Å². The highest BCUT2D eigenvalue weighted by Crippen LogP contribution is 2.46. The van der Waals surface area contributed by atoms with Crippen LogP contribution in [0.25, 0.3) is 0 Å². The highest BCUT2D eigenvalue weighted by molar-refractivity contribution is 5.95. The molecule has 220 valence electrons. The third-order valence-electron chi connectivity index (χ3n) is 8.36. The lowest BCUT2D eigenvalue weighted by molar-refractivity contribution is 0.0524. The zero-order chi connectivity index (χ0) is 29.6. The first kappa shape index (κ1) is 28.9. The van der Waals surface area contributed by atoms with Crippen molar-refractivity contribution in [3.8, 4) is 0 Å². The van der Waals surface area contributed by atoms with Gasteiger partial charge in [-0.1, -0.05) is 71.0 Å². The molecule has 4 unspecified atom stereocenters. The number of rotatable bonds is 7. The molecule has 4 atom stereocenters. The quantitative estimate of drug-likeness (QED) is 0.208. The molecule has 5 N–H and O–H groups in total. The number of nitrogens with two attached hydrogens (primary N) is 2. The van der Waals surface area contributed by atoms with Crippen LogP contribution in [0.4, 0.5) is 11.8 Å². The average Bonchev–Trinajstić information content (AvgIpc) is 3.80. The Bertz CT molecular complexity index is 1500. The van der Waals surface area contributed by atoms with Crippen LogP contribution in [-0.2, 0) is 4.74 Å². The Labute approximate surface area is 244 Å². The monoisotopic (exact) mass is 572 g/mol. The predicted octanol–water partition coefficient (Wildman–Crippen LogP) is 6.49. The smallest absolute Gasteiger partial charge is 0.345 e. The Kier molecular flexibility index (Phi) is 8.90. The van der Waals surface area contributed by atoms with Crippen LogP contribution < -0.4 is 11.5 Å². The van der Waals surface area contributed by atoms with Crippen molar-refractivity contribution in [2.45, 2.75) is 69.1 Å². The third kappa shape index (κ3) is 6.17. The summed E-state index contributed by atoms with van der Waals surface area (Å²) in [7, 11) is 0. The molecule has 2 aliphatic carbocycles. The number of hydrogen-bond donors (Lipinski definition) is 3. The number of carbonyl (C=O) groups excluding carboxylic acids is 1. The molecule has 0 amide bonds. The number of aromatic carboxylic acids is 1. The van der Waals surface area contributed by atoms with E-state index in [-0.39, 0.29) is 29.2 Å². The van der Waals surface area contributed by atoms with Gasteiger partial charge in [0.1, 0.15) is 22.5 Å². The summed E-state index contributed by atoms with van der Waals surface area (Å²) in [6.45, 7) is 2.07. The maximum atomic E-state index is 12.1. The molecule has 6 rings (SSSR count). The van der Waals surface area contributed by atoms with E-state index < -0.39 is 11.9 Å². The number of carboxylic acids is 1. The lowest BCUT2D eigenvalue weighted by Gasteiger charge is -2.11. The van der Waals surface area contributed by atoms with Crippen LogP contribution in [0.3, 0.4) is 0 Å². The Hall–Kier alpha value is -4.60. The number of esters is 1. The van der Waals surface area contributed by atoms with Gasteiger partial charge in [-0.25, -0.2) is 9.59 Å². The number of carbonyl (C=O) groups is 2. The molecule has 2 aliphatic rings. The van der Waals surface area contributed by atoms with Gasteiger partial charge in [-0.05, 0) is 68.4 Å². The van der Waals surface area contributed by atoms with Crippen LogP contribution in [0.5, 0.6) is 0 Å². The van der Waals surface area contributed by atoms with Gasteiger partial charge in [-0.15, -0.1) is 0 Å². The van der Waals surface area contributed by atoms with Crippen LogP contribution in [0.2, 0.25) is 0 Å². The van der Waals surface area contributed by atoms with Crippen molar-refractivity contribution < 1.29 is 28.5 Å². The van der Waals surface area contributed by atoms with Gasteiger partial charge in [0.2, 0.25) is 11.8 Å².